The lowest BCUT2D eigenvalue weighted by Crippen LogP contribution is -2.57. The Hall–Kier alpha value is -6.05. The highest BCUT2D eigenvalue weighted by atomic mass is 19.1. The molecule has 1 saturated carbocycles. The number of ether oxygens (including phenoxy) is 3. The van der Waals surface area contributed by atoms with Crippen LogP contribution in [0.15, 0.2) is 60.5 Å². The number of nitrogens with one attached hydrogen (secondary N) is 2. The Bertz CT molecular complexity index is 2640. The van der Waals surface area contributed by atoms with Crippen molar-refractivity contribution in [1.82, 2.24) is 39.7 Å². The van der Waals surface area contributed by atoms with Gasteiger partial charge in [-0.05, 0) is 119 Å². The van der Waals surface area contributed by atoms with Crippen LogP contribution in [0.25, 0.3) is 0 Å². The Morgan fingerprint density at radius 1 is 0.916 bits per heavy atom. The van der Waals surface area contributed by atoms with Crippen LogP contribution >= 0.6 is 0 Å². The van der Waals surface area contributed by atoms with Gasteiger partial charge in [-0.15, -0.1) is 0 Å². The van der Waals surface area contributed by atoms with Gasteiger partial charge < -0.3 is 55.3 Å². The van der Waals surface area contributed by atoms with Gasteiger partial charge >= 0.3 is 12.1 Å². The van der Waals surface area contributed by atoms with Crippen LogP contribution in [0, 0.1) is 41.2 Å². The molecule has 3 heterocycles. The number of aliphatic hydroxyl groups is 4. The summed E-state index contributed by atoms with van der Waals surface area (Å²) in [6.07, 6.45) is 13.3. The van der Waals surface area contributed by atoms with E-state index in [1.165, 1.54) is 48.4 Å². The van der Waals surface area contributed by atoms with Crippen molar-refractivity contribution in [3.05, 3.63) is 77.7 Å². The van der Waals surface area contributed by atoms with Crippen molar-refractivity contribution in [2.75, 3.05) is 39.2 Å². The average Bonchev–Trinajstić information content (AvgIpc) is 4.31. The number of allylic oxidation sites excluding steroid dienone is 4. The number of methoxy groups -OCH3 is 2. The molecule has 1 aromatic carbocycles. The van der Waals surface area contributed by atoms with Crippen molar-refractivity contribution in [2.24, 2.45) is 29.6 Å². The van der Waals surface area contributed by atoms with E-state index < -0.39 is 77.0 Å². The summed E-state index contributed by atoms with van der Waals surface area (Å²) in [5.74, 6) is -9.17. The highest BCUT2D eigenvalue weighted by Gasteiger charge is 2.48. The highest BCUT2D eigenvalue weighted by molar-refractivity contribution is 6.39. The van der Waals surface area contributed by atoms with Gasteiger partial charge in [-0.1, -0.05) is 71.3 Å². The number of carbonyl (C=O) groups is 5. The van der Waals surface area contributed by atoms with E-state index in [0.29, 0.717) is 69.6 Å². The standard InChI is InChI=1S/C59H89F2N9O13/c1-9-43(27-38(3)24-37(2)14-12-15-45(81-7)28-41(6)59(79,80)53(73)54(74)69-23-11-10-16-48(69)55(75)76)50(72)31-49(71)40(5)25-39(4)26-42-17-20-51(52(29-42)82-8)83-57(77)64-22-13-21-63-56-65-35-67-70(56)33-58(78,32-68-36-62-34-66-68)46-19-18-44(60)30-47(46)61/h18-19,26-27,30,34-38,40-42,45,48-49,51-52,71,78-80H,9-17,20-25,28-29,31-33H2,1-8H3,(H,64,77)(H,75,76)(H,63,65,67). The number of carboxylic acid groups (broad SMARTS) is 1. The van der Waals surface area contributed by atoms with Gasteiger partial charge in [0.05, 0.1) is 31.4 Å². The van der Waals surface area contributed by atoms with E-state index in [9.17, 15) is 58.3 Å². The Labute approximate surface area is 485 Å². The Morgan fingerprint density at radius 2 is 1.67 bits per heavy atom. The molecule has 1 aliphatic carbocycles. The smallest absolute Gasteiger partial charge is 0.407 e. The number of piperidine rings is 1. The van der Waals surface area contributed by atoms with Crippen LogP contribution in [0.1, 0.15) is 143 Å². The fourth-order valence-corrected chi connectivity index (χ4v) is 11.5. The molecule has 2 aliphatic rings. The Balaban J connectivity index is 0.990. The zero-order valence-electron chi connectivity index (χ0n) is 49.4. The van der Waals surface area contributed by atoms with Crippen LogP contribution in [0.2, 0.25) is 0 Å². The first-order chi connectivity index (χ1) is 39.4. The molecule has 5 rings (SSSR count). The molecule has 3 aromatic rings. The molecule has 1 aliphatic heterocycles. The zero-order valence-corrected chi connectivity index (χ0v) is 49.4. The van der Waals surface area contributed by atoms with E-state index in [0.717, 1.165) is 42.2 Å². The maximum Gasteiger partial charge on any atom is 0.407 e. The number of benzene rings is 1. The first kappa shape index (κ1) is 67.7. The van der Waals surface area contributed by atoms with Crippen LogP contribution < -0.4 is 10.6 Å². The van der Waals surface area contributed by atoms with Gasteiger partial charge in [-0.25, -0.2) is 32.7 Å². The summed E-state index contributed by atoms with van der Waals surface area (Å²) in [4.78, 5) is 73.2. The number of alkyl carbamates (subject to hydrolysis) is 1. The highest BCUT2D eigenvalue weighted by Crippen LogP contribution is 2.34. The van der Waals surface area contributed by atoms with E-state index in [-0.39, 0.29) is 92.5 Å². The number of aliphatic hydroxyl groups excluding tert-OH is 1. The molecular formula is C59H89F2N9O13. The second-order valence-electron chi connectivity index (χ2n) is 23.1. The van der Waals surface area contributed by atoms with Crippen LogP contribution in [0.5, 0.6) is 0 Å². The molecule has 0 spiro atoms. The number of nitrogens with zero attached hydrogens (tertiary/aromatic N) is 7. The lowest BCUT2D eigenvalue weighted by Gasteiger charge is -2.35. The van der Waals surface area contributed by atoms with Gasteiger partial charge in [0, 0.05) is 57.8 Å². The predicted molar refractivity (Wildman–Crippen MR) is 302 cm³/mol. The normalized spacial score (nSPS) is 21.0. The third kappa shape index (κ3) is 20.0. The second kappa shape index (κ2) is 32.3. The number of ketones is 2. The number of aromatic nitrogens is 6. The van der Waals surface area contributed by atoms with Gasteiger partial charge in [0.2, 0.25) is 11.7 Å². The molecule has 11 unspecified atom stereocenters. The minimum absolute atomic E-state index is 0.00744. The quantitative estimate of drug-likeness (QED) is 0.0108. The first-order valence-corrected chi connectivity index (χ1v) is 29.1. The third-order valence-corrected chi connectivity index (χ3v) is 16.2. The van der Waals surface area contributed by atoms with Crippen LogP contribution in [-0.2, 0) is 52.1 Å². The molecule has 0 bridgehead atoms. The molecule has 11 atom stereocenters. The number of hydrogen-bond acceptors (Lipinski definition) is 17. The monoisotopic (exact) mass is 1170 g/mol. The van der Waals surface area contributed by atoms with E-state index in [4.69, 9.17) is 14.2 Å². The summed E-state index contributed by atoms with van der Waals surface area (Å²) in [6.45, 7) is 11.7. The molecular weight excluding hydrogens is 1080 g/mol. The van der Waals surface area contributed by atoms with E-state index in [1.807, 2.05) is 26.8 Å². The fourth-order valence-electron chi connectivity index (χ4n) is 11.5. The van der Waals surface area contributed by atoms with E-state index in [1.54, 1.807) is 7.11 Å². The molecule has 24 heteroatoms. The SMILES string of the molecule is CCC(=CC(C)CC(C)CCCC(CC(C)C(O)(O)C(=O)C(=O)N1CCCCC1C(=O)O)OC)C(=O)CC(O)C(C)CC(C)=CC1CCC(OC(=O)NCCCNc2ncnn2CC(O)(Cn2cncn2)c2ccc(F)cc2F)C(OC)C1. The molecule has 2 amide bonds. The summed E-state index contributed by atoms with van der Waals surface area (Å²) in [5, 5.41) is 68.4. The van der Waals surface area contributed by atoms with Crippen LogP contribution in [0.3, 0.4) is 0 Å². The topological polar surface area (TPSA) is 303 Å². The molecule has 1 saturated heterocycles. The fraction of sp³-hybridized carbons (Fsp3) is 0.678. The molecule has 7 N–H and O–H groups in total. The number of carbonyl (C=O) groups excluding carboxylic acids is 4. The Morgan fingerprint density at radius 3 is 2.35 bits per heavy atom. The van der Waals surface area contributed by atoms with Crippen molar-refractivity contribution >= 4 is 35.5 Å². The minimum atomic E-state index is -3.00. The first-order valence-electron chi connectivity index (χ1n) is 29.1. The maximum absolute atomic E-state index is 15.0. The molecule has 83 heavy (non-hydrogen) atoms. The lowest BCUT2D eigenvalue weighted by atomic mass is 9.82. The summed E-state index contributed by atoms with van der Waals surface area (Å²) in [6, 6.07) is 1.74. The molecule has 462 valence electrons. The molecule has 2 aromatic heterocycles. The van der Waals surface area contributed by atoms with Crippen molar-refractivity contribution in [3.8, 4) is 0 Å². The van der Waals surface area contributed by atoms with Crippen molar-refractivity contribution in [2.45, 2.75) is 193 Å². The number of amides is 2. The second-order valence-corrected chi connectivity index (χ2v) is 23.1. The summed E-state index contributed by atoms with van der Waals surface area (Å²) < 4.78 is 48.7. The summed E-state index contributed by atoms with van der Waals surface area (Å²) >= 11 is 0. The number of Topliss-reactive ketones (excluding diaryl/α,β-unsaturated/α-hetero) is 2. The average molecular weight is 1170 g/mol. The Kier molecular flexibility index (Phi) is 26.4. The van der Waals surface area contributed by atoms with Crippen LogP contribution in [-0.4, -0.2) is 160 Å². The zero-order chi connectivity index (χ0) is 61.0. The number of aliphatic carboxylic acids is 1. The number of halogens is 2. The van der Waals surface area contributed by atoms with Crippen LogP contribution in [0.4, 0.5) is 19.5 Å². The van der Waals surface area contributed by atoms with E-state index >= 15 is 0 Å². The van der Waals surface area contributed by atoms with Gasteiger partial charge in [-0.2, -0.15) is 15.2 Å². The summed E-state index contributed by atoms with van der Waals surface area (Å²) in [5.41, 5.74) is -0.308. The molecule has 0 radical (unpaired) electrons. The maximum atomic E-state index is 15.0. The van der Waals surface area contributed by atoms with Gasteiger partial charge in [-0.3, -0.25) is 14.4 Å². The molecule has 2 fully saturated rings. The van der Waals surface area contributed by atoms with Gasteiger partial charge in [0.15, 0.2) is 5.78 Å². The number of carboxylic acids is 1. The largest absolute Gasteiger partial charge is 0.480 e. The number of anilines is 1. The predicted octanol–water partition coefficient (Wildman–Crippen LogP) is 6.67. The van der Waals surface area contributed by atoms with E-state index in [2.05, 4.69) is 50.7 Å². The van der Waals surface area contributed by atoms with Gasteiger partial charge in [0.25, 0.3) is 11.7 Å². The third-order valence-electron chi connectivity index (χ3n) is 16.2. The van der Waals surface area contributed by atoms with Crippen molar-refractivity contribution in [1.29, 1.82) is 0 Å². The number of hydrogen-bond donors (Lipinski definition) is 7. The van der Waals surface area contributed by atoms with Crippen molar-refractivity contribution in [3.63, 3.8) is 0 Å². The van der Waals surface area contributed by atoms with Gasteiger partial charge in [0.1, 0.15) is 48.4 Å². The van der Waals surface area contributed by atoms with Crippen molar-refractivity contribution < 1.29 is 72.5 Å². The number of rotatable bonds is 34. The minimum Gasteiger partial charge on any atom is -0.480 e. The lowest BCUT2D eigenvalue weighted by molar-refractivity contribution is -0.208. The summed E-state index contributed by atoms with van der Waals surface area (Å²) in [7, 11) is 3.09. The number of likely N-dealkylation sites (tertiary alicyclic amines) is 1. The molecule has 22 nitrogen and oxygen atoms in total.